The molecule has 0 aromatic rings. The molecule has 9 unspecified atom stereocenters. The predicted octanol–water partition coefficient (Wildman–Crippen LogP) is 7.59. The van der Waals surface area contributed by atoms with Gasteiger partial charge in [-0.25, -0.2) is 0 Å². The molecule has 0 aliphatic heterocycles. The number of rotatable bonds is 1. The van der Waals surface area contributed by atoms with Gasteiger partial charge in [0, 0.05) is 17.8 Å². The first kappa shape index (κ1) is 23.5. The lowest BCUT2D eigenvalue weighted by Gasteiger charge is -2.67. The normalized spacial score (nSPS) is 50.7. The van der Waals surface area contributed by atoms with Gasteiger partial charge in [-0.2, -0.15) is 0 Å². The van der Waals surface area contributed by atoms with Crippen LogP contribution in [-0.4, -0.2) is 11.0 Å². The van der Waals surface area contributed by atoms with E-state index in [1.165, 1.54) is 44.9 Å². The molecule has 3 heteroatoms. The van der Waals surface area contributed by atoms with Crippen LogP contribution >= 0.6 is 11.6 Å². The number of fused-ring (bicyclic) bond motifs is 7. The van der Waals surface area contributed by atoms with Gasteiger partial charge in [0.25, 0.3) is 0 Å². The van der Waals surface area contributed by atoms with Crippen LogP contribution in [-0.2, 0) is 9.59 Å². The van der Waals surface area contributed by atoms with Crippen LogP contribution in [0.5, 0.6) is 0 Å². The van der Waals surface area contributed by atoms with E-state index < -0.39 is 0 Å². The van der Waals surface area contributed by atoms with E-state index in [0.717, 1.165) is 37.5 Å². The molecule has 5 aliphatic rings. The minimum atomic E-state index is -0.196. The second-order valence-electron chi connectivity index (χ2n) is 12.2. The molecular formula is C28H43ClO2. The maximum absolute atomic E-state index is 12.5. The lowest BCUT2D eigenvalue weighted by atomic mass is 9.38. The second kappa shape index (κ2) is 8.30. The highest BCUT2D eigenvalue weighted by atomic mass is 35.5. The maximum atomic E-state index is 12.5. The molecule has 31 heavy (non-hydrogen) atoms. The zero-order valence-corrected chi connectivity index (χ0v) is 21.0. The third kappa shape index (κ3) is 3.32. The molecule has 0 N–H and O–H groups in total. The third-order valence-corrected chi connectivity index (χ3v) is 11.6. The summed E-state index contributed by atoms with van der Waals surface area (Å²) >= 11 is 6.22. The highest BCUT2D eigenvalue weighted by molar-refractivity contribution is 6.64. The molecule has 2 nitrogen and oxygen atoms in total. The summed E-state index contributed by atoms with van der Waals surface area (Å²) in [6.07, 6.45) is 14.4. The van der Waals surface area contributed by atoms with Crippen molar-refractivity contribution in [2.75, 3.05) is 0 Å². The summed E-state index contributed by atoms with van der Waals surface area (Å²) in [5, 5.41) is -0.0315. The Labute approximate surface area is 195 Å². The molecule has 174 valence electrons. The van der Waals surface area contributed by atoms with Crippen molar-refractivity contribution in [1.82, 2.24) is 0 Å². The van der Waals surface area contributed by atoms with Crippen LogP contribution in [0.3, 0.4) is 0 Å². The molecule has 0 aromatic heterocycles. The van der Waals surface area contributed by atoms with Crippen LogP contribution in [0.1, 0.15) is 98.3 Å². The fraction of sp³-hybridized carbons (Fsp3) is 0.857. The topological polar surface area (TPSA) is 34.1 Å². The highest BCUT2D eigenvalue weighted by Crippen LogP contribution is 2.71. The molecule has 0 amide bonds. The van der Waals surface area contributed by atoms with Gasteiger partial charge in [-0.05, 0) is 117 Å². The van der Waals surface area contributed by atoms with Crippen molar-refractivity contribution < 1.29 is 9.59 Å². The zero-order valence-electron chi connectivity index (χ0n) is 20.2. The number of hydrogen-bond donors (Lipinski definition) is 0. The lowest BCUT2D eigenvalue weighted by Crippen LogP contribution is -2.61. The fourth-order valence-corrected chi connectivity index (χ4v) is 10.3. The van der Waals surface area contributed by atoms with Gasteiger partial charge >= 0.3 is 0 Å². The van der Waals surface area contributed by atoms with Gasteiger partial charge in [-0.1, -0.05) is 33.3 Å². The van der Waals surface area contributed by atoms with E-state index in [-0.39, 0.29) is 16.6 Å². The first-order valence-corrected chi connectivity index (χ1v) is 13.3. The summed E-state index contributed by atoms with van der Waals surface area (Å²) in [5.41, 5.74) is 0.523. The van der Waals surface area contributed by atoms with Crippen molar-refractivity contribution >= 4 is 22.6 Å². The van der Waals surface area contributed by atoms with Crippen LogP contribution in [0.2, 0.25) is 0 Å². The van der Waals surface area contributed by atoms with Gasteiger partial charge in [0.2, 0.25) is 5.24 Å². The van der Waals surface area contributed by atoms with Crippen LogP contribution < -0.4 is 0 Å². The molecular weight excluding hydrogens is 404 g/mol. The minimum Gasteiger partial charge on any atom is -0.299 e. The Morgan fingerprint density at radius 2 is 1.61 bits per heavy atom. The predicted molar refractivity (Wildman–Crippen MR) is 128 cm³/mol. The van der Waals surface area contributed by atoms with Crippen molar-refractivity contribution in [3.8, 4) is 0 Å². The summed E-state index contributed by atoms with van der Waals surface area (Å²) in [4.78, 5) is 24.9. The monoisotopic (exact) mass is 446 g/mol. The molecule has 5 aliphatic carbocycles. The Kier molecular flexibility index (Phi) is 6.30. The van der Waals surface area contributed by atoms with Gasteiger partial charge in [0.1, 0.15) is 5.78 Å². The number of halogens is 1. The van der Waals surface area contributed by atoms with E-state index in [0.29, 0.717) is 34.4 Å². The van der Waals surface area contributed by atoms with Crippen molar-refractivity contribution in [3.05, 3.63) is 12.7 Å². The van der Waals surface area contributed by atoms with E-state index in [1.54, 1.807) is 6.08 Å². The van der Waals surface area contributed by atoms with Crippen LogP contribution in [0, 0.1) is 51.8 Å². The molecule has 5 saturated carbocycles. The van der Waals surface area contributed by atoms with Crippen molar-refractivity contribution in [2.24, 2.45) is 51.8 Å². The molecule has 0 aromatic carbocycles. The minimum absolute atomic E-state index is 0.0315. The summed E-state index contributed by atoms with van der Waals surface area (Å²) in [6.45, 7) is 12.6. The standard InChI is InChI=1S/C25H37ClO2.C3H6/c1-15-17-8-12-24(3)18-9-14-25(22(26)28)11-4-5-19(25)16(18)6-7-21(24)23(17,2)13-10-20(15)27;1-3-2/h15-19,21H,4-14H2,1-3H3;3H,1H2,2H3. The van der Waals surface area contributed by atoms with Crippen molar-refractivity contribution in [3.63, 3.8) is 0 Å². The largest absolute Gasteiger partial charge is 0.299 e. The molecule has 9 atom stereocenters. The summed E-state index contributed by atoms with van der Waals surface area (Å²) < 4.78 is 0. The Morgan fingerprint density at radius 1 is 0.968 bits per heavy atom. The fourth-order valence-electron chi connectivity index (χ4n) is 9.97. The molecule has 5 fully saturated rings. The van der Waals surface area contributed by atoms with E-state index >= 15 is 0 Å². The smallest absolute Gasteiger partial charge is 0.228 e. The second-order valence-corrected chi connectivity index (χ2v) is 12.5. The number of ketones is 1. The van der Waals surface area contributed by atoms with Gasteiger partial charge in [0.05, 0.1) is 0 Å². The van der Waals surface area contributed by atoms with E-state index in [9.17, 15) is 9.59 Å². The van der Waals surface area contributed by atoms with Crippen LogP contribution in [0.15, 0.2) is 12.7 Å². The van der Waals surface area contributed by atoms with Crippen LogP contribution in [0.25, 0.3) is 0 Å². The summed E-state index contributed by atoms with van der Waals surface area (Å²) in [6, 6.07) is 0. The van der Waals surface area contributed by atoms with E-state index in [4.69, 9.17) is 11.6 Å². The van der Waals surface area contributed by atoms with E-state index in [1.807, 2.05) is 6.92 Å². The SMILES string of the molecule is C=CC.CC1C(=O)CCC2(C)C1CCC1(C)C3CCC4(C(=O)Cl)CCCC4C3CCC21. The quantitative estimate of drug-likeness (QED) is 0.307. The molecule has 0 radical (unpaired) electrons. The zero-order chi connectivity index (χ0) is 22.6. The number of allylic oxidation sites excluding steroid dienone is 1. The Balaban J connectivity index is 0.000000730. The van der Waals surface area contributed by atoms with Crippen molar-refractivity contribution in [1.29, 1.82) is 0 Å². The molecule has 0 saturated heterocycles. The molecule has 0 spiro atoms. The Hall–Kier alpha value is -0.630. The average Bonchev–Trinajstić information content (AvgIpc) is 3.17. The van der Waals surface area contributed by atoms with Gasteiger partial charge in [-0.3, -0.25) is 9.59 Å². The van der Waals surface area contributed by atoms with Crippen LogP contribution in [0.4, 0.5) is 0 Å². The molecule has 0 bridgehead atoms. The first-order chi connectivity index (χ1) is 14.7. The Morgan fingerprint density at radius 3 is 2.29 bits per heavy atom. The summed E-state index contributed by atoms with van der Waals surface area (Å²) in [7, 11) is 0. The average molecular weight is 447 g/mol. The lowest BCUT2D eigenvalue weighted by molar-refractivity contribution is -0.185. The molecule has 5 rings (SSSR count). The number of hydrogen-bond acceptors (Lipinski definition) is 2. The van der Waals surface area contributed by atoms with Gasteiger partial charge in [0.15, 0.2) is 0 Å². The summed E-state index contributed by atoms with van der Waals surface area (Å²) in [5.74, 6) is 4.08. The van der Waals surface area contributed by atoms with Crippen molar-refractivity contribution in [2.45, 2.75) is 98.3 Å². The Bertz CT molecular complexity index is 745. The third-order valence-electron chi connectivity index (χ3n) is 11.3. The van der Waals surface area contributed by atoms with Gasteiger partial charge < -0.3 is 0 Å². The maximum Gasteiger partial charge on any atom is 0.228 e. The van der Waals surface area contributed by atoms with E-state index in [2.05, 4.69) is 27.4 Å². The number of carbonyl (C=O) groups excluding carboxylic acids is 2. The highest BCUT2D eigenvalue weighted by Gasteiger charge is 2.65. The van der Waals surface area contributed by atoms with Gasteiger partial charge in [-0.15, -0.1) is 6.58 Å². The first-order valence-electron chi connectivity index (χ1n) is 13.0. The molecule has 0 heterocycles. The number of carbonyl (C=O) groups is 2. The number of Topliss-reactive ketones (excluding diaryl/α,β-unsaturated/α-hetero) is 1.